The van der Waals surface area contributed by atoms with Crippen LogP contribution in [0.3, 0.4) is 0 Å². The van der Waals surface area contributed by atoms with Gasteiger partial charge in [-0.3, -0.25) is 4.79 Å². The molecule has 0 bridgehead atoms. The SMILES string of the molecule is Cn1ccc2c(NC(=O)c3ccc4c(c3)CCCC4)cccc21. The Morgan fingerprint density at radius 2 is 1.87 bits per heavy atom. The molecule has 2 aromatic carbocycles. The Bertz CT molecular complexity index is 892. The molecule has 116 valence electrons. The number of nitrogens with one attached hydrogen (secondary N) is 1. The van der Waals surface area contributed by atoms with Gasteiger partial charge in [-0.1, -0.05) is 12.1 Å². The van der Waals surface area contributed by atoms with Gasteiger partial charge < -0.3 is 9.88 Å². The number of fused-ring (bicyclic) bond motifs is 2. The van der Waals surface area contributed by atoms with E-state index < -0.39 is 0 Å². The molecule has 0 atom stereocenters. The monoisotopic (exact) mass is 304 g/mol. The predicted octanol–water partition coefficient (Wildman–Crippen LogP) is 4.31. The molecule has 3 nitrogen and oxygen atoms in total. The zero-order valence-electron chi connectivity index (χ0n) is 13.3. The first kappa shape index (κ1) is 14.1. The summed E-state index contributed by atoms with van der Waals surface area (Å²) in [7, 11) is 2.01. The standard InChI is InChI=1S/C20H20N2O/c1-22-12-11-17-18(7-4-8-19(17)22)21-20(23)16-10-9-14-5-2-3-6-15(14)13-16/h4,7-13H,2-3,5-6H2,1H3,(H,21,23). The first-order chi connectivity index (χ1) is 11.2. The van der Waals surface area contributed by atoms with Gasteiger partial charge in [0.05, 0.1) is 5.69 Å². The van der Waals surface area contributed by atoms with Crippen LogP contribution in [0.2, 0.25) is 0 Å². The maximum absolute atomic E-state index is 12.6. The topological polar surface area (TPSA) is 34.0 Å². The van der Waals surface area contributed by atoms with Gasteiger partial charge in [0.1, 0.15) is 0 Å². The van der Waals surface area contributed by atoms with E-state index in [0.717, 1.165) is 35.0 Å². The Morgan fingerprint density at radius 1 is 1.04 bits per heavy atom. The molecule has 0 fully saturated rings. The van der Waals surface area contributed by atoms with Crippen molar-refractivity contribution in [3.05, 3.63) is 65.4 Å². The average Bonchev–Trinajstić information content (AvgIpc) is 2.97. The molecule has 0 saturated carbocycles. The molecule has 1 aliphatic carbocycles. The molecule has 3 aromatic rings. The second-order valence-corrected chi connectivity index (χ2v) is 6.31. The van der Waals surface area contributed by atoms with Crippen LogP contribution in [-0.2, 0) is 19.9 Å². The molecule has 3 heteroatoms. The van der Waals surface area contributed by atoms with Gasteiger partial charge in [-0.2, -0.15) is 0 Å². The van der Waals surface area contributed by atoms with Crippen molar-refractivity contribution in [1.82, 2.24) is 4.57 Å². The number of anilines is 1. The molecule has 1 amide bonds. The van der Waals surface area contributed by atoms with E-state index >= 15 is 0 Å². The third kappa shape index (κ3) is 2.52. The number of hydrogen-bond donors (Lipinski definition) is 1. The zero-order chi connectivity index (χ0) is 15.8. The summed E-state index contributed by atoms with van der Waals surface area (Å²) in [5, 5.41) is 4.14. The van der Waals surface area contributed by atoms with E-state index in [0.29, 0.717) is 0 Å². The van der Waals surface area contributed by atoms with Crippen molar-refractivity contribution in [2.24, 2.45) is 7.05 Å². The molecule has 0 aliphatic heterocycles. The fourth-order valence-corrected chi connectivity index (χ4v) is 3.48. The zero-order valence-corrected chi connectivity index (χ0v) is 13.3. The van der Waals surface area contributed by atoms with Gasteiger partial charge in [-0.05, 0) is 67.1 Å². The van der Waals surface area contributed by atoms with Gasteiger partial charge in [-0.15, -0.1) is 0 Å². The van der Waals surface area contributed by atoms with Crippen LogP contribution < -0.4 is 5.32 Å². The van der Waals surface area contributed by atoms with Crippen molar-refractivity contribution < 1.29 is 4.79 Å². The van der Waals surface area contributed by atoms with E-state index in [9.17, 15) is 4.79 Å². The van der Waals surface area contributed by atoms with E-state index in [4.69, 9.17) is 0 Å². The van der Waals surface area contributed by atoms with E-state index in [1.807, 2.05) is 37.5 Å². The Balaban J connectivity index is 1.64. The Hall–Kier alpha value is -2.55. The normalized spacial score (nSPS) is 13.8. The number of nitrogens with zero attached hydrogens (tertiary/aromatic N) is 1. The number of amides is 1. The minimum atomic E-state index is -0.0327. The fourth-order valence-electron chi connectivity index (χ4n) is 3.48. The van der Waals surface area contributed by atoms with Crippen LogP contribution in [0.15, 0.2) is 48.7 Å². The molecule has 4 rings (SSSR count). The molecular weight excluding hydrogens is 284 g/mol. The maximum Gasteiger partial charge on any atom is 0.255 e. The summed E-state index contributed by atoms with van der Waals surface area (Å²) in [6.07, 6.45) is 6.72. The molecule has 0 unspecified atom stereocenters. The highest BCUT2D eigenvalue weighted by molar-refractivity contribution is 6.09. The first-order valence-electron chi connectivity index (χ1n) is 8.19. The molecule has 1 N–H and O–H groups in total. The number of aromatic nitrogens is 1. The third-order valence-corrected chi connectivity index (χ3v) is 4.79. The molecule has 1 aromatic heterocycles. The van der Waals surface area contributed by atoms with Crippen molar-refractivity contribution in [2.45, 2.75) is 25.7 Å². The van der Waals surface area contributed by atoms with Crippen LogP contribution in [0.5, 0.6) is 0 Å². The highest BCUT2D eigenvalue weighted by Gasteiger charge is 2.14. The first-order valence-corrected chi connectivity index (χ1v) is 8.19. The summed E-state index contributed by atoms with van der Waals surface area (Å²) in [5.74, 6) is -0.0327. The van der Waals surface area contributed by atoms with Crippen molar-refractivity contribution in [1.29, 1.82) is 0 Å². The van der Waals surface area contributed by atoms with Crippen molar-refractivity contribution in [3.63, 3.8) is 0 Å². The van der Waals surface area contributed by atoms with Crippen LogP contribution in [0.25, 0.3) is 10.9 Å². The number of carbonyl (C=O) groups excluding carboxylic acids is 1. The average molecular weight is 304 g/mol. The molecule has 0 radical (unpaired) electrons. The lowest BCUT2D eigenvalue weighted by molar-refractivity contribution is 0.102. The summed E-state index contributed by atoms with van der Waals surface area (Å²) in [4.78, 5) is 12.6. The quantitative estimate of drug-likeness (QED) is 0.752. The van der Waals surface area contributed by atoms with Crippen LogP contribution in [0, 0.1) is 0 Å². The number of rotatable bonds is 2. The minimum absolute atomic E-state index is 0.0327. The van der Waals surface area contributed by atoms with Gasteiger partial charge in [0.2, 0.25) is 0 Å². The lowest BCUT2D eigenvalue weighted by Gasteiger charge is -2.16. The van der Waals surface area contributed by atoms with E-state index in [1.165, 1.54) is 24.0 Å². The molecule has 1 aliphatic rings. The van der Waals surface area contributed by atoms with Gasteiger partial charge >= 0.3 is 0 Å². The second-order valence-electron chi connectivity index (χ2n) is 6.31. The summed E-state index contributed by atoms with van der Waals surface area (Å²) in [6, 6.07) is 14.2. The Morgan fingerprint density at radius 3 is 2.74 bits per heavy atom. The smallest absolute Gasteiger partial charge is 0.255 e. The number of hydrogen-bond acceptors (Lipinski definition) is 1. The largest absolute Gasteiger partial charge is 0.350 e. The lowest BCUT2D eigenvalue weighted by Crippen LogP contribution is -2.13. The lowest BCUT2D eigenvalue weighted by atomic mass is 9.90. The van der Waals surface area contributed by atoms with Gasteiger partial charge in [0.25, 0.3) is 5.91 Å². The summed E-state index contributed by atoms with van der Waals surface area (Å²) < 4.78 is 2.06. The highest BCUT2D eigenvalue weighted by Crippen LogP contribution is 2.26. The van der Waals surface area contributed by atoms with Crippen LogP contribution >= 0.6 is 0 Å². The molecular formula is C20H20N2O. The molecule has 23 heavy (non-hydrogen) atoms. The van der Waals surface area contributed by atoms with Crippen molar-refractivity contribution in [3.8, 4) is 0 Å². The Kier molecular flexibility index (Phi) is 3.41. The second kappa shape index (κ2) is 5.58. The van der Waals surface area contributed by atoms with Crippen LogP contribution in [-0.4, -0.2) is 10.5 Å². The molecule has 0 saturated heterocycles. The minimum Gasteiger partial charge on any atom is -0.350 e. The van der Waals surface area contributed by atoms with E-state index in [-0.39, 0.29) is 5.91 Å². The summed E-state index contributed by atoms with van der Waals surface area (Å²) in [5.41, 5.74) is 5.47. The van der Waals surface area contributed by atoms with Gasteiger partial charge in [-0.25, -0.2) is 0 Å². The third-order valence-electron chi connectivity index (χ3n) is 4.79. The van der Waals surface area contributed by atoms with Gasteiger partial charge in [0.15, 0.2) is 0 Å². The number of benzene rings is 2. The fraction of sp³-hybridized carbons (Fsp3) is 0.250. The predicted molar refractivity (Wildman–Crippen MR) is 94.0 cm³/mol. The summed E-state index contributed by atoms with van der Waals surface area (Å²) >= 11 is 0. The molecule has 0 spiro atoms. The number of aryl methyl sites for hydroxylation is 3. The van der Waals surface area contributed by atoms with Crippen LogP contribution in [0.1, 0.15) is 34.3 Å². The van der Waals surface area contributed by atoms with E-state index in [2.05, 4.69) is 28.1 Å². The molecule has 1 heterocycles. The summed E-state index contributed by atoms with van der Waals surface area (Å²) in [6.45, 7) is 0. The van der Waals surface area contributed by atoms with Gasteiger partial charge in [0, 0.05) is 29.7 Å². The Labute approximate surface area is 135 Å². The number of carbonyl (C=O) groups is 1. The highest BCUT2D eigenvalue weighted by atomic mass is 16.1. The van der Waals surface area contributed by atoms with Crippen LogP contribution in [0.4, 0.5) is 5.69 Å². The van der Waals surface area contributed by atoms with Crippen molar-refractivity contribution >= 4 is 22.5 Å². The van der Waals surface area contributed by atoms with Crippen molar-refractivity contribution in [2.75, 3.05) is 5.32 Å². The maximum atomic E-state index is 12.6. The van der Waals surface area contributed by atoms with E-state index in [1.54, 1.807) is 0 Å².